The quantitative estimate of drug-likeness (QED) is 0.0537. The lowest BCUT2D eigenvalue weighted by Gasteiger charge is -2.37. The number of hydrogen-bond acceptors (Lipinski definition) is 7. The van der Waals surface area contributed by atoms with Crippen molar-refractivity contribution in [1.82, 2.24) is 4.90 Å². The van der Waals surface area contributed by atoms with E-state index in [4.69, 9.17) is 0 Å². The van der Waals surface area contributed by atoms with Crippen LogP contribution in [0.4, 0.5) is 43.9 Å². The fourth-order valence-corrected chi connectivity index (χ4v) is 3.39. The average Bonchev–Trinajstić information content (AvgIpc) is 2.79. The van der Waals surface area contributed by atoms with E-state index in [1.54, 1.807) is 13.8 Å². The van der Waals surface area contributed by atoms with Crippen molar-refractivity contribution in [3.05, 3.63) is 12.2 Å². The molecule has 40 heavy (non-hydrogen) atoms. The molecule has 0 rings (SSSR count). The van der Waals surface area contributed by atoms with E-state index >= 15 is 0 Å². The third-order valence-electron chi connectivity index (χ3n) is 5.26. The Balaban J connectivity index is 6.24. The minimum atomic E-state index is -6.84. The largest absolute Gasteiger partial charge is 0.743 e. The van der Waals surface area contributed by atoms with Gasteiger partial charge in [-0.15, -0.1) is 0 Å². The van der Waals surface area contributed by atoms with Gasteiger partial charge >= 0.3 is 41.2 Å². The Hall–Kier alpha value is -2.15. The maximum atomic E-state index is 14.3. The Bertz CT molecular complexity index is 975. The van der Waals surface area contributed by atoms with Gasteiger partial charge in [-0.25, -0.2) is 13.2 Å². The van der Waals surface area contributed by atoms with E-state index in [1.165, 1.54) is 0 Å². The summed E-state index contributed by atoms with van der Waals surface area (Å²) >= 11 is 0. The standard InChI is InChI=1S/C21H29F10NO7S/c1-4-6-11-32(12-7-5-2)16(34)18(20(27,28)29,39-15(33)14(3)19(24,25)26)38-13-9-8-10-17(22,23)21(30,31)40(35,36)37/h3-13H2,1-2H3,(H,35,36,37)/p-1. The highest BCUT2D eigenvalue weighted by molar-refractivity contribution is 7.86. The summed E-state index contributed by atoms with van der Waals surface area (Å²) in [7, 11) is -6.84. The zero-order valence-corrected chi connectivity index (χ0v) is 22.1. The Kier molecular flexibility index (Phi) is 13.4. The van der Waals surface area contributed by atoms with Crippen molar-refractivity contribution in [2.45, 2.75) is 88.1 Å². The molecular formula is C21H28F10NO7S-. The van der Waals surface area contributed by atoms with Crippen LogP contribution in [-0.2, 0) is 29.2 Å². The van der Waals surface area contributed by atoms with Crippen LogP contribution in [-0.4, -0.2) is 78.8 Å². The van der Waals surface area contributed by atoms with E-state index < -0.39 is 82.8 Å². The van der Waals surface area contributed by atoms with Crippen molar-refractivity contribution in [1.29, 1.82) is 0 Å². The Morgan fingerprint density at radius 2 is 1.32 bits per heavy atom. The molecular weight excluding hydrogens is 600 g/mol. The predicted octanol–water partition coefficient (Wildman–Crippen LogP) is 5.30. The number of rotatable bonds is 17. The maximum Gasteiger partial charge on any atom is 0.466 e. The van der Waals surface area contributed by atoms with Crippen LogP contribution in [0.2, 0.25) is 0 Å². The number of halogens is 10. The molecule has 1 amide bonds. The van der Waals surface area contributed by atoms with Crippen LogP contribution in [0.15, 0.2) is 12.2 Å². The van der Waals surface area contributed by atoms with Gasteiger partial charge in [-0.1, -0.05) is 33.3 Å². The molecule has 1 atom stereocenters. The number of ether oxygens (including phenoxy) is 2. The van der Waals surface area contributed by atoms with Crippen molar-refractivity contribution in [3.8, 4) is 0 Å². The summed E-state index contributed by atoms with van der Waals surface area (Å²) in [6, 6.07) is 0. The first-order chi connectivity index (χ1) is 17.9. The first-order valence-electron chi connectivity index (χ1n) is 11.6. The lowest BCUT2D eigenvalue weighted by molar-refractivity contribution is -0.351. The van der Waals surface area contributed by atoms with Crippen molar-refractivity contribution in [2.24, 2.45) is 0 Å². The van der Waals surface area contributed by atoms with Gasteiger partial charge < -0.3 is 18.9 Å². The SMILES string of the molecule is C=C(C(=O)OC(OCCCCC(F)(F)C(F)(F)S(=O)(=O)[O-])(C(=O)N(CCCC)CCCC)C(F)(F)F)C(F)(F)F. The molecule has 236 valence electrons. The molecule has 0 aromatic rings. The zero-order chi connectivity index (χ0) is 31.8. The normalized spacial score (nSPS) is 14.9. The second kappa shape index (κ2) is 14.2. The monoisotopic (exact) mass is 628 g/mol. The molecule has 8 nitrogen and oxygen atoms in total. The summed E-state index contributed by atoms with van der Waals surface area (Å²) in [5.74, 6) is -15.1. The van der Waals surface area contributed by atoms with E-state index in [2.05, 4.69) is 16.1 Å². The van der Waals surface area contributed by atoms with E-state index in [0.717, 1.165) is 0 Å². The minimum Gasteiger partial charge on any atom is -0.743 e. The fraction of sp³-hybridized carbons (Fsp3) is 0.810. The van der Waals surface area contributed by atoms with Gasteiger partial charge in [0.05, 0.1) is 6.61 Å². The molecule has 0 saturated carbocycles. The highest BCUT2D eigenvalue weighted by atomic mass is 32.2. The van der Waals surface area contributed by atoms with Crippen LogP contribution in [0.3, 0.4) is 0 Å². The highest BCUT2D eigenvalue weighted by Crippen LogP contribution is 2.42. The first-order valence-corrected chi connectivity index (χ1v) is 13.0. The van der Waals surface area contributed by atoms with Crippen LogP contribution in [0.25, 0.3) is 0 Å². The van der Waals surface area contributed by atoms with Gasteiger partial charge in [0.25, 0.3) is 0 Å². The molecule has 0 fully saturated rings. The Morgan fingerprint density at radius 1 is 0.850 bits per heavy atom. The molecule has 0 radical (unpaired) electrons. The lowest BCUT2D eigenvalue weighted by Crippen LogP contribution is -2.63. The van der Waals surface area contributed by atoms with E-state index in [-0.39, 0.29) is 25.9 Å². The van der Waals surface area contributed by atoms with Crippen LogP contribution < -0.4 is 0 Å². The number of amides is 1. The molecule has 19 heteroatoms. The molecule has 0 aromatic heterocycles. The summed E-state index contributed by atoms with van der Waals surface area (Å²) in [5, 5.41) is -6.07. The smallest absolute Gasteiger partial charge is 0.466 e. The number of unbranched alkanes of at least 4 members (excludes halogenated alkanes) is 3. The first kappa shape index (κ1) is 37.9. The van der Waals surface area contributed by atoms with Crippen molar-refractivity contribution in [2.75, 3.05) is 19.7 Å². The molecule has 0 heterocycles. The fourth-order valence-electron chi connectivity index (χ4n) is 2.92. The molecule has 0 N–H and O–H groups in total. The van der Waals surface area contributed by atoms with Gasteiger partial charge in [0.2, 0.25) is 0 Å². The van der Waals surface area contributed by atoms with Crippen molar-refractivity contribution in [3.63, 3.8) is 0 Å². The van der Waals surface area contributed by atoms with Gasteiger partial charge in [0.1, 0.15) is 5.57 Å². The van der Waals surface area contributed by atoms with Gasteiger partial charge in [-0.2, -0.15) is 43.9 Å². The number of nitrogens with zero attached hydrogens (tertiary/aromatic N) is 1. The molecule has 0 aliphatic heterocycles. The van der Waals surface area contributed by atoms with Gasteiger partial charge in [-0.05, 0) is 25.7 Å². The Labute approximate surface area is 223 Å². The van der Waals surface area contributed by atoms with E-state index in [1.807, 2.05) is 0 Å². The van der Waals surface area contributed by atoms with E-state index in [9.17, 15) is 66.5 Å². The zero-order valence-electron chi connectivity index (χ0n) is 21.3. The number of carbonyl (C=O) groups is 2. The molecule has 0 spiro atoms. The van der Waals surface area contributed by atoms with Gasteiger partial charge in [-0.3, -0.25) is 4.79 Å². The molecule has 0 aliphatic rings. The predicted molar refractivity (Wildman–Crippen MR) is 116 cm³/mol. The lowest BCUT2D eigenvalue weighted by atomic mass is 10.1. The number of esters is 1. The summed E-state index contributed by atoms with van der Waals surface area (Å²) < 4.78 is 175. The maximum absolute atomic E-state index is 14.3. The van der Waals surface area contributed by atoms with Crippen LogP contribution in [0, 0.1) is 0 Å². The topological polar surface area (TPSA) is 113 Å². The second-order valence-corrected chi connectivity index (χ2v) is 9.88. The average molecular weight is 629 g/mol. The third-order valence-corrected chi connectivity index (χ3v) is 6.19. The van der Waals surface area contributed by atoms with Crippen molar-refractivity contribution >= 4 is 22.0 Å². The Morgan fingerprint density at radius 3 is 1.70 bits per heavy atom. The second-order valence-electron chi connectivity index (χ2n) is 8.46. The molecule has 1 unspecified atom stereocenters. The number of alkyl halides is 10. The summed E-state index contributed by atoms with van der Waals surface area (Å²) in [4.78, 5) is 25.6. The molecule has 0 bridgehead atoms. The molecule has 0 aromatic carbocycles. The van der Waals surface area contributed by atoms with Crippen LogP contribution in [0.1, 0.15) is 58.8 Å². The minimum absolute atomic E-state index is 0.110. The highest BCUT2D eigenvalue weighted by Gasteiger charge is 2.68. The van der Waals surface area contributed by atoms with Crippen LogP contribution >= 0.6 is 0 Å². The van der Waals surface area contributed by atoms with Crippen molar-refractivity contribution < 1.29 is 75.9 Å². The molecule has 0 aliphatic carbocycles. The van der Waals surface area contributed by atoms with Gasteiger partial charge in [0.15, 0.2) is 10.1 Å². The summed E-state index contributed by atoms with van der Waals surface area (Å²) in [5.41, 5.74) is -2.44. The van der Waals surface area contributed by atoms with E-state index in [0.29, 0.717) is 17.7 Å². The number of carbonyl (C=O) groups excluding carboxylic acids is 2. The van der Waals surface area contributed by atoms with Gasteiger partial charge in [0, 0.05) is 19.5 Å². The third kappa shape index (κ3) is 9.46. The number of hydrogen-bond donors (Lipinski definition) is 0. The summed E-state index contributed by atoms with van der Waals surface area (Å²) in [6.45, 7) is 3.27. The molecule has 0 saturated heterocycles. The summed E-state index contributed by atoms with van der Waals surface area (Å²) in [6.07, 6.45) is -15.1. The van der Waals surface area contributed by atoms with Crippen LogP contribution in [0.5, 0.6) is 0 Å².